The number of nitrogens with one attached hydrogen (secondary N) is 1. The van der Waals surface area contributed by atoms with Crippen LogP contribution in [0.25, 0.3) is 16.6 Å². The van der Waals surface area contributed by atoms with Gasteiger partial charge in [-0.3, -0.25) is 4.68 Å². The summed E-state index contributed by atoms with van der Waals surface area (Å²) in [6, 6.07) is 14.5. The molecule has 1 saturated heterocycles. The number of piperidine rings is 1. The maximum atomic E-state index is 9.61. The van der Waals surface area contributed by atoms with Crippen LogP contribution in [0.1, 0.15) is 35.7 Å². The van der Waals surface area contributed by atoms with E-state index in [9.17, 15) is 10.5 Å². The Labute approximate surface area is 190 Å². The summed E-state index contributed by atoms with van der Waals surface area (Å²) in [5.74, 6) is 0. The van der Waals surface area contributed by atoms with Gasteiger partial charge in [0.25, 0.3) is 0 Å². The Kier molecular flexibility index (Phi) is 5.40. The summed E-state index contributed by atoms with van der Waals surface area (Å²) in [5.41, 5.74) is 5.02. The minimum Gasteiger partial charge on any atom is -0.317 e. The molecule has 1 aliphatic heterocycles. The summed E-state index contributed by atoms with van der Waals surface area (Å²) in [7, 11) is 0. The van der Waals surface area contributed by atoms with Crippen molar-refractivity contribution in [3.63, 3.8) is 0 Å². The van der Waals surface area contributed by atoms with E-state index in [4.69, 9.17) is 5.10 Å². The number of fused-ring (bicyclic) bond motifs is 1. The number of nitrogens with zero attached hydrogens (tertiary/aromatic N) is 6. The zero-order valence-corrected chi connectivity index (χ0v) is 18.4. The van der Waals surface area contributed by atoms with Gasteiger partial charge in [-0.05, 0) is 51.1 Å². The van der Waals surface area contributed by atoms with Gasteiger partial charge in [-0.25, -0.2) is 4.52 Å². The third-order valence-corrected chi connectivity index (χ3v) is 7.04. The maximum Gasteiger partial charge on any atom is 0.103 e. The molecule has 0 unspecified atom stereocenters. The zero-order chi connectivity index (χ0) is 22.1. The number of hydrogen-bond acceptors (Lipinski definition) is 6. The number of rotatable bonds is 4. The molecule has 4 heterocycles. The van der Waals surface area contributed by atoms with Gasteiger partial charge in [0.05, 0.1) is 35.1 Å². The van der Waals surface area contributed by atoms with Crippen LogP contribution in [0.5, 0.6) is 0 Å². The Bertz CT molecular complexity index is 1380. The van der Waals surface area contributed by atoms with Crippen molar-refractivity contribution in [1.82, 2.24) is 24.7 Å². The van der Waals surface area contributed by atoms with Crippen LogP contribution in [-0.4, -0.2) is 32.5 Å². The smallest absolute Gasteiger partial charge is 0.103 e. The molecule has 7 nitrogen and oxygen atoms in total. The largest absolute Gasteiger partial charge is 0.317 e. The van der Waals surface area contributed by atoms with E-state index >= 15 is 0 Å². The van der Waals surface area contributed by atoms with Crippen molar-refractivity contribution in [3.05, 3.63) is 65.7 Å². The van der Waals surface area contributed by atoms with E-state index in [-0.39, 0.29) is 0 Å². The molecule has 0 radical (unpaired) electrons. The molecule has 1 fully saturated rings. The van der Waals surface area contributed by atoms with Crippen molar-refractivity contribution in [2.24, 2.45) is 0 Å². The van der Waals surface area contributed by atoms with Crippen LogP contribution in [0, 0.1) is 29.6 Å². The van der Waals surface area contributed by atoms with Gasteiger partial charge in [-0.1, -0.05) is 23.9 Å². The van der Waals surface area contributed by atoms with E-state index in [1.54, 1.807) is 16.8 Å². The van der Waals surface area contributed by atoms with Gasteiger partial charge in [-0.2, -0.15) is 20.7 Å². The highest BCUT2D eigenvalue weighted by molar-refractivity contribution is 7.99. The van der Waals surface area contributed by atoms with E-state index in [2.05, 4.69) is 40.2 Å². The van der Waals surface area contributed by atoms with Gasteiger partial charge in [0, 0.05) is 32.8 Å². The molecule has 1 aliphatic rings. The summed E-state index contributed by atoms with van der Waals surface area (Å²) in [6.45, 7) is 4.12. The van der Waals surface area contributed by atoms with Gasteiger partial charge >= 0.3 is 0 Å². The van der Waals surface area contributed by atoms with Crippen LogP contribution >= 0.6 is 11.8 Å². The highest BCUT2D eigenvalue weighted by Crippen LogP contribution is 2.38. The van der Waals surface area contributed by atoms with Crippen molar-refractivity contribution in [2.45, 2.75) is 35.6 Å². The van der Waals surface area contributed by atoms with Gasteiger partial charge < -0.3 is 5.32 Å². The molecule has 0 bridgehead atoms. The summed E-state index contributed by atoms with van der Waals surface area (Å²) in [5, 5.41) is 31.7. The third kappa shape index (κ3) is 3.54. The molecule has 5 rings (SSSR count). The molecular weight excluding hydrogens is 418 g/mol. The van der Waals surface area contributed by atoms with Crippen LogP contribution < -0.4 is 5.32 Å². The second-order valence-electron chi connectivity index (χ2n) is 7.84. The van der Waals surface area contributed by atoms with E-state index < -0.39 is 0 Å². The second kappa shape index (κ2) is 8.51. The summed E-state index contributed by atoms with van der Waals surface area (Å²) < 4.78 is 3.90. The van der Waals surface area contributed by atoms with Crippen molar-refractivity contribution >= 4 is 17.3 Å². The lowest BCUT2D eigenvalue weighted by atomic mass is 10.1. The minimum atomic E-state index is 0.403. The highest BCUT2D eigenvalue weighted by Gasteiger charge is 2.21. The first-order valence-electron chi connectivity index (χ1n) is 10.5. The van der Waals surface area contributed by atoms with E-state index in [1.807, 2.05) is 30.6 Å². The summed E-state index contributed by atoms with van der Waals surface area (Å²) in [6.07, 6.45) is 7.60. The molecule has 158 valence electrons. The number of benzene rings is 1. The normalized spacial score (nSPS) is 14.3. The number of aromatic nitrogens is 4. The molecule has 0 amide bonds. The standard InChI is InChI=1S/C24H21N7S/c1-16-21(14-29-31(16)20-6-8-27-9-7-20)18-10-23(24-19(12-26)13-28-30(24)15-18)32-22-5-3-2-4-17(22)11-25/h2-5,10,13-15,20,27H,6-9H2,1H3. The van der Waals surface area contributed by atoms with Crippen LogP contribution in [0.15, 0.2) is 58.7 Å². The Morgan fingerprint density at radius 2 is 1.81 bits per heavy atom. The average Bonchev–Trinajstić information content (AvgIpc) is 3.43. The van der Waals surface area contributed by atoms with E-state index in [1.165, 1.54) is 11.8 Å². The fraction of sp³-hybridized carbons (Fsp3) is 0.250. The number of hydrogen-bond donors (Lipinski definition) is 1. The molecule has 8 heteroatoms. The Hall–Kier alpha value is -3.59. The second-order valence-corrected chi connectivity index (χ2v) is 8.92. The molecule has 0 spiro atoms. The first kappa shape index (κ1) is 20.3. The molecule has 0 atom stereocenters. The molecule has 1 N–H and O–H groups in total. The first-order valence-corrected chi connectivity index (χ1v) is 11.3. The lowest BCUT2D eigenvalue weighted by Crippen LogP contribution is -2.30. The van der Waals surface area contributed by atoms with Crippen LogP contribution in [0.4, 0.5) is 0 Å². The summed E-state index contributed by atoms with van der Waals surface area (Å²) in [4.78, 5) is 1.73. The zero-order valence-electron chi connectivity index (χ0n) is 17.6. The van der Waals surface area contributed by atoms with Crippen molar-refractivity contribution in [3.8, 4) is 23.3 Å². The highest BCUT2D eigenvalue weighted by atomic mass is 32.2. The maximum absolute atomic E-state index is 9.61. The van der Waals surface area contributed by atoms with Crippen LogP contribution in [-0.2, 0) is 0 Å². The Morgan fingerprint density at radius 3 is 2.59 bits per heavy atom. The van der Waals surface area contributed by atoms with Crippen molar-refractivity contribution in [2.75, 3.05) is 13.1 Å². The molecule has 32 heavy (non-hydrogen) atoms. The Morgan fingerprint density at radius 1 is 1.03 bits per heavy atom. The fourth-order valence-electron chi connectivity index (χ4n) is 4.28. The van der Waals surface area contributed by atoms with Crippen LogP contribution in [0.3, 0.4) is 0 Å². The summed E-state index contributed by atoms with van der Waals surface area (Å²) >= 11 is 1.48. The number of pyridine rings is 1. The Balaban J connectivity index is 1.62. The minimum absolute atomic E-state index is 0.403. The van der Waals surface area contributed by atoms with Gasteiger partial charge in [0.1, 0.15) is 12.1 Å². The predicted octanol–water partition coefficient (Wildman–Crippen LogP) is 4.33. The van der Waals surface area contributed by atoms with Crippen molar-refractivity contribution in [1.29, 1.82) is 10.5 Å². The molecule has 3 aromatic heterocycles. The average molecular weight is 440 g/mol. The van der Waals surface area contributed by atoms with Gasteiger partial charge in [0.15, 0.2) is 0 Å². The number of nitriles is 2. The quantitative estimate of drug-likeness (QED) is 0.509. The molecule has 0 saturated carbocycles. The lowest BCUT2D eigenvalue weighted by molar-refractivity contribution is 0.338. The fourth-order valence-corrected chi connectivity index (χ4v) is 5.38. The topological polar surface area (TPSA) is 94.7 Å². The van der Waals surface area contributed by atoms with E-state index in [0.717, 1.165) is 58.1 Å². The van der Waals surface area contributed by atoms with E-state index in [0.29, 0.717) is 17.2 Å². The monoisotopic (exact) mass is 439 g/mol. The van der Waals surface area contributed by atoms with Gasteiger partial charge in [-0.15, -0.1) is 0 Å². The first-order chi connectivity index (χ1) is 15.7. The van der Waals surface area contributed by atoms with Crippen molar-refractivity contribution < 1.29 is 0 Å². The SMILES string of the molecule is Cc1c(-c2cc(Sc3ccccc3C#N)c3c(C#N)cnn3c2)cnn1C1CCNCC1. The lowest BCUT2D eigenvalue weighted by Gasteiger charge is -2.24. The molecule has 4 aromatic rings. The van der Waals surface area contributed by atoms with Gasteiger partial charge in [0.2, 0.25) is 0 Å². The third-order valence-electron chi connectivity index (χ3n) is 5.93. The van der Waals surface area contributed by atoms with Crippen LogP contribution in [0.2, 0.25) is 0 Å². The molecule has 0 aliphatic carbocycles. The predicted molar refractivity (Wildman–Crippen MR) is 122 cm³/mol. The molecular formula is C24H21N7S. The molecule has 1 aromatic carbocycles.